The molecule has 0 N–H and O–H groups in total. The van der Waals surface area contributed by atoms with Gasteiger partial charge in [-0.25, -0.2) is 18.2 Å². The highest BCUT2D eigenvalue weighted by atomic mass is 35.5. The lowest BCUT2D eigenvalue weighted by Gasteiger charge is -2.17. The van der Waals surface area contributed by atoms with Crippen LogP contribution in [0.2, 0.25) is 5.02 Å². The molecule has 0 unspecified atom stereocenters. The molecular weight excluding hydrogens is 497 g/mol. The highest BCUT2D eigenvalue weighted by molar-refractivity contribution is 6.31. The molecule has 0 saturated heterocycles. The molecule has 0 aromatic carbocycles. The normalized spacial score (nSPS) is 11.0. The number of hydrogen-bond donors (Lipinski definition) is 0. The van der Waals surface area contributed by atoms with Gasteiger partial charge in [-0.15, -0.1) is 0 Å². The summed E-state index contributed by atoms with van der Waals surface area (Å²) in [4.78, 5) is 36.9. The molecule has 11 heteroatoms. The second-order valence-corrected chi connectivity index (χ2v) is 8.29. The van der Waals surface area contributed by atoms with Crippen molar-refractivity contribution in [2.45, 2.75) is 27.4 Å². The molecule has 0 aliphatic carbocycles. The minimum absolute atomic E-state index is 0.000763. The standard InChI is InChI=1S/C25H18ClF3N4O3/c1-12-9-30-19(18-5-4-16(28)24(32-18)14(3)34)8-21(12)33-13(2)6-22(23(26)25(33)35)36-11-20-17(29)7-15(27)10-31-20/h4-10H,11H2,1-3H3. The minimum atomic E-state index is -0.890. The molecule has 4 rings (SSSR count). The number of carbonyl (C=O) groups is 1. The number of aryl methyl sites for hydroxylation is 2. The highest BCUT2D eigenvalue weighted by Crippen LogP contribution is 2.27. The zero-order chi connectivity index (χ0) is 26.1. The van der Waals surface area contributed by atoms with E-state index < -0.39 is 28.8 Å². The van der Waals surface area contributed by atoms with Gasteiger partial charge in [0, 0.05) is 30.9 Å². The Kier molecular flexibility index (Phi) is 6.89. The van der Waals surface area contributed by atoms with Gasteiger partial charge in [0.1, 0.15) is 34.6 Å². The molecule has 0 fully saturated rings. The number of halogens is 4. The quantitative estimate of drug-likeness (QED) is 0.330. The Morgan fingerprint density at radius 1 is 1.03 bits per heavy atom. The third kappa shape index (κ3) is 4.85. The van der Waals surface area contributed by atoms with Crippen LogP contribution in [0.3, 0.4) is 0 Å². The summed E-state index contributed by atoms with van der Waals surface area (Å²) in [6.07, 6.45) is 2.36. The van der Waals surface area contributed by atoms with Gasteiger partial charge in [-0.1, -0.05) is 11.6 Å². The van der Waals surface area contributed by atoms with Crippen LogP contribution in [0.15, 0.2) is 47.5 Å². The summed E-state index contributed by atoms with van der Waals surface area (Å²) in [7, 11) is 0. The number of ketones is 1. The number of carbonyl (C=O) groups excluding carboxylic acids is 1. The lowest BCUT2D eigenvalue weighted by molar-refractivity contribution is 0.100. The zero-order valence-corrected chi connectivity index (χ0v) is 20.0. The number of nitrogens with zero attached hydrogens (tertiary/aromatic N) is 4. The summed E-state index contributed by atoms with van der Waals surface area (Å²) in [5, 5.41) is -0.264. The maximum Gasteiger partial charge on any atom is 0.277 e. The van der Waals surface area contributed by atoms with Crippen molar-refractivity contribution in [3.8, 4) is 22.8 Å². The van der Waals surface area contributed by atoms with E-state index in [-0.39, 0.29) is 34.5 Å². The van der Waals surface area contributed by atoms with E-state index in [1.165, 1.54) is 29.8 Å². The van der Waals surface area contributed by atoms with Gasteiger partial charge in [0.2, 0.25) is 0 Å². The molecule has 4 aromatic heterocycles. The molecule has 0 bridgehead atoms. The number of rotatable bonds is 6. The van der Waals surface area contributed by atoms with Crippen LogP contribution in [0.1, 0.15) is 34.4 Å². The van der Waals surface area contributed by atoms with E-state index in [1.807, 2.05) is 0 Å². The van der Waals surface area contributed by atoms with Crippen LogP contribution in [0, 0.1) is 31.3 Å². The molecule has 7 nitrogen and oxygen atoms in total. The molecule has 0 aliphatic rings. The SMILES string of the molecule is CC(=O)c1nc(-c2cc(-n3c(C)cc(OCc4ncc(F)cc4F)c(Cl)c3=O)c(C)cn2)ccc1F. The van der Waals surface area contributed by atoms with E-state index >= 15 is 0 Å². The van der Waals surface area contributed by atoms with Gasteiger partial charge in [-0.05, 0) is 37.6 Å². The van der Waals surface area contributed by atoms with E-state index in [9.17, 15) is 22.8 Å². The number of hydrogen-bond acceptors (Lipinski definition) is 6. The summed E-state index contributed by atoms with van der Waals surface area (Å²) >= 11 is 6.29. The smallest absolute Gasteiger partial charge is 0.277 e. The van der Waals surface area contributed by atoms with Crippen LogP contribution in [0.4, 0.5) is 13.2 Å². The Morgan fingerprint density at radius 2 is 1.78 bits per heavy atom. The predicted octanol–water partition coefficient (Wildman–Crippen LogP) is 5.16. The van der Waals surface area contributed by atoms with Crippen LogP contribution in [-0.2, 0) is 6.61 Å². The molecule has 0 aliphatic heterocycles. The summed E-state index contributed by atoms with van der Waals surface area (Å²) in [6.45, 7) is 4.21. The van der Waals surface area contributed by atoms with Crippen molar-refractivity contribution in [1.82, 2.24) is 19.5 Å². The molecule has 0 amide bonds. The lowest BCUT2D eigenvalue weighted by atomic mass is 10.1. The van der Waals surface area contributed by atoms with Crippen molar-refractivity contribution in [2.24, 2.45) is 0 Å². The molecule has 0 spiro atoms. The highest BCUT2D eigenvalue weighted by Gasteiger charge is 2.18. The van der Waals surface area contributed by atoms with E-state index in [4.69, 9.17) is 16.3 Å². The molecule has 0 saturated carbocycles. The van der Waals surface area contributed by atoms with Crippen LogP contribution in [0.25, 0.3) is 17.1 Å². The first kappa shape index (κ1) is 25.1. The predicted molar refractivity (Wildman–Crippen MR) is 126 cm³/mol. The van der Waals surface area contributed by atoms with Gasteiger partial charge in [0.05, 0.1) is 23.3 Å². The number of Topliss-reactive ketones (excluding diaryl/α,β-unsaturated/α-hetero) is 1. The lowest BCUT2D eigenvalue weighted by Crippen LogP contribution is -2.23. The van der Waals surface area contributed by atoms with Crippen molar-refractivity contribution >= 4 is 17.4 Å². The summed E-state index contributed by atoms with van der Waals surface area (Å²) in [5.74, 6) is -3.00. The minimum Gasteiger partial charge on any atom is -0.485 e. The van der Waals surface area contributed by atoms with Crippen molar-refractivity contribution < 1.29 is 22.7 Å². The monoisotopic (exact) mass is 514 g/mol. The Morgan fingerprint density at radius 3 is 2.47 bits per heavy atom. The first-order chi connectivity index (χ1) is 17.1. The van der Waals surface area contributed by atoms with Gasteiger partial charge in [0.25, 0.3) is 5.56 Å². The maximum absolute atomic E-state index is 13.9. The average molecular weight is 515 g/mol. The number of ether oxygens (including phenoxy) is 1. The molecule has 4 aromatic rings. The van der Waals surface area contributed by atoms with E-state index in [0.717, 1.165) is 12.3 Å². The average Bonchev–Trinajstić information content (AvgIpc) is 2.83. The molecule has 36 heavy (non-hydrogen) atoms. The topological polar surface area (TPSA) is 87.0 Å². The fourth-order valence-corrected chi connectivity index (χ4v) is 3.70. The molecule has 0 atom stereocenters. The fourth-order valence-electron chi connectivity index (χ4n) is 3.51. The third-order valence-corrected chi connectivity index (χ3v) is 5.65. The van der Waals surface area contributed by atoms with Gasteiger partial charge in [-0.3, -0.25) is 24.1 Å². The van der Waals surface area contributed by atoms with Crippen molar-refractivity contribution in [2.75, 3.05) is 0 Å². The second kappa shape index (κ2) is 9.90. The van der Waals surface area contributed by atoms with Crippen LogP contribution in [0.5, 0.6) is 5.75 Å². The summed E-state index contributed by atoms with van der Waals surface area (Å²) in [6, 6.07) is 6.25. The van der Waals surface area contributed by atoms with Gasteiger partial charge < -0.3 is 4.74 Å². The molecule has 4 heterocycles. The second-order valence-electron chi connectivity index (χ2n) is 7.91. The summed E-state index contributed by atoms with van der Waals surface area (Å²) in [5.41, 5.74) is 0.951. The van der Waals surface area contributed by atoms with Gasteiger partial charge >= 0.3 is 0 Å². The first-order valence-electron chi connectivity index (χ1n) is 10.6. The zero-order valence-electron chi connectivity index (χ0n) is 19.3. The largest absolute Gasteiger partial charge is 0.485 e. The van der Waals surface area contributed by atoms with Gasteiger partial charge in [0.15, 0.2) is 17.4 Å². The van der Waals surface area contributed by atoms with E-state index in [1.54, 1.807) is 19.9 Å². The Bertz CT molecular complexity index is 1570. The van der Waals surface area contributed by atoms with Crippen LogP contribution >= 0.6 is 11.6 Å². The van der Waals surface area contributed by atoms with E-state index in [0.29, 0.717) is 28.7 Å². The Hall–Kier alpha value is -4.05. The Balaban J connectivity index is 1.73. The fraction of sp³-hybridized carbons (Fsp3) is 0.160. The Labute approximate surface area is 208 Å². The molecule has 0 radical (unpaired) electrons. The van der Waals surface area contributed by atoms with Crippen LogP contribution < -0.4 is 10.3 Å². The summed E-state index contributed by atoms with van der Waals surface area (Å²) < 4.78 is 47.7. The molecular formula is C25H18ClF3N4O3. The third-order valence-electron chi connectivity index (χ3n) is 5.31. The van der Waals surface area contributed by atoms with Gasteiger partial charge in [-0.2, -0.15) is 0 Å². The first-order valence-corrected chi connectivity index (χ1v) is 10.9. The molecule has 184 valence electrons. The van der Waals surface area contributed by atoms with Crippen molar-refractivity contribution in [3.63, 3.8) is 0 Å². The number of aromatic nitrogens is 4. The van der Waals surface area contributed by atoms with Crippen molar-refractivity contribution in [3.05, 3.63) is 98.2 Å². The van der Waals surface area contributed by atoms with Crippen LogP contribution in [-0.4, -0.2) is 25.3 Å². The maximum atomic E-state index is 13.9. The van der Waals surface area contributed by atoms with Crippen molar-refractivity contribution in [1.29, 1.82) is 0 Å². The van der Waals surface area contributed by atoms with E-state index in [2.05, 4.69) is 15.0 Å². The number of pyridine rings is 4.